The standard InChI is InChI=1S/C13H20N2O2/c1-5-13(2,3)15(4)12(17)9-7-6-8-10(14)11(9)16/h6-8,16H,5,14H2,1-4H3. The molecule has 0 saturated carbocycles. The Morgan fingerprint density at radius 3 is 2.59 bits per heavy atom. The molecule has 0 radical (unpaired) electrons. The van der Waals surface area contributed by atoms with Crippen LogP contribution in [-0.2, 0) is 0 Å². The lowest BCUT2D eigenvalue weighted by Crippen LogP contribution is -2.44. The van der Waals surface area contributed by atoms with E-state index in [1.54, 1.807) is 30.1 Å². The second-order valence-corrected chi connectivity index (χ2v) is 4.77. The number of anilines is 1. The van der Waals surface area contributed by atoms with Crippen LogP contribution in [0.2, 0.25) is 0 Å². The third-order valence-corrected chi connectivity index (χ3v) is 3.38. The summed E-state index contributed by atoms with van der Waals surface area (Å²) in [5, 5.41) is 9.78. The largest absolute Gasteiger partial charge is 0.505 e. The fraction of sp³-hybridized carbons (Fsp3) is 0.462. The Kier molecular flexibility index (Phi) is 3.66. The van der Waals surface area contributed by atoms with Crippen molar-refractivity contribution in [3.63, 3.8) is 0 Å². The van der Waals surface area contributed by atoms with Gasteiger partial charge in [0.2, 0.25) is 0 Å². The van der Waals surface area contributed by atoms with E-state index in [-0.39, 0.29) is 28.4 Å². The van der Waals surface area contributed by atoms with Gasteiger partial charge in [0.15, 0.2) is 5.75 Å². The molecule has 4 heteroatoms. The molecule has 0 heterocycles. The van der Waals surface area contributed by atoms with Gasteiger partial charge in [-0.05, 0) is 32.4 Å². The number of phenols is 1. The third-order valence-electron chi connectivity index (χ3n) is 3.38. The molecule has 1 aromatic rings. The number of phenolic OH excluding ortho intramolecular Hbond substituents is 1. The predicted molar refractivity (Wildman–Crippen MR) is 69.0 cm³/mol. The van der Waals surface area contributed by atoms with Crippen LogP contribution in [0, 0.1) is 0 Å². The minimum atomic E-state index is -0.256. The first-order valence-corrected chi connectivity index (χ1v) is 5.67. The molecule has 0 aromatic heterocycles. The molecule has 0 aliphatic carbocycles. The van der Waals surface area contributed by atoms with E-state index in [0.29, 0.717) is 0 Å². The highest BCUT2D eigenvalue weighted by atomic mass is 16.3. The van der Waals surface area contributed by atoms with Gasteiger partial charge in [-0.15, -0.1) is 0 Å². The summed E-state index contributed by atoms with van der Waals surface area (Å²) in [4.78, 5) is 13.9. The number of para-hydroxylation sites is 1. The highest BCUT2D eigenvalue weighted by Crippen LogP contribution is 2.28. The number of amides is 1. The lowest BCUT2D eigenvalue weighted by atomic mass is 9.98. The summed E-state index contributed by atoms with van der Waals surface area (Å²) in [5.41, 5.74) is 5.79. The van der Waals surface area contributed by atoms with Crippen LogP contribution in [0.3, 0.4) is 0 Å². The van der Waals surface area contributed by atoms with Gasteiger partial charge in [0.25, 0.3) is 5.91 Å². The highest BCUT2D eigenvalue weighted by molar-refractivity contribution is 5.98. The lowest BCUT2D eigenvalue weighted by molar-refractivity contribution is 0.0617. The van der Waals surface area contributed by atoms with E-state index in [1.807, 2.05) is 20.8 Å². The summed E-state index contributed by atoms with van der Waals surface area (Å²) in [6.07, 6.45) is 0.832. The Hall–Kier alpha value is -1.71. The quantitative estimate of drug-likeness (QED) is 0.624. The van der Waals surface area contributed by atoms with Crippen molar-refractivity contribution in [3.05, 3.63) is 23.8 Å². The summed E-state index contributed by atoms with van der Waals surface area (Å²) in [6, 6.07) is 4.81. The van der Waals surface area contributed by atoms with Crippen LogP contribution < -0.4 is 5.73 Å². The fourth-order valence-corrected chi connectivity index (χ4v) is 1.43. The zero-order valence-corrected chi connectivity index (χ0v) is 10.8. The number of carbonyl (C=O) groups excluding carboxylic acids is 1. The Morgan fingerprint density at radius 2 is 2.06 bits per heavy atom. The monoisotopic (exact) mass is 236 g/mol. The number of rotatable bonds is 3. The first-order chi connectivity index (χ1) is 7.81. The van der Waals surface area contributed by atoms with Gasteiger partial charge in [-0.2, -0.15) is 0 Å². The van der Waals surface area contributed by atoms with E-state index in [4.69, 9.17) is 5.73 Å². The van der Waals surface area contributed by atoms with Gasteiger partial charge in [0.05, 0.1) is 11.3 Å². The fourth-order valence-electron chi connectivity index (χ4n) is 1.43. The maximum atomic E-state index is 12.2. The average molecular weight is 236 g/mol. The van der Waals surface area contributed by atoms with Gasteiger partial charge in [0.1, 0.15) is 0 Å². The molecule has 3 N–H and O–H groups in total. The molecule has 0 aliphatic heterocycles. The first kappa shape index (κ1) is 13.4. The zero-order chi connectivity index (χ0) is 13.2. The molecule has 94 valence electrons. The molecule has 0 spiro atoms. The van der Waals surface area contributed by atoms with E-state index in [9.17, 15) is 9.90 Å². The molecule has 1 aromatic carbocycles. The number of benzene rings is 1. The van der Waals surface area contributed by atoms with E-state index in [1.165, 1.54) is 0 Å². The Labute approximate surface area is 102 Å². The second kappa shape index (κ2) is 4.65. The minimum Gasteiger partial charge on any atom is -0.505 e. The summed E-state index contributed by atoms with van der Waals surface area (Å²) >= 11 is 0. The van der Waals surface area contributed by atoms with Gasteiger partial charge in [-0.1, -0.05) is 13.0 Å². The molecule has 1 amide bonds. The molecular formula is C13H20N2O2. The van der Waals surface area contributed by atoms with E-state index in [0.717, 1.165) is 6.42 Å². The number of nitrogens with zero attached hydrogens (tertiary/aromatic N) is 1. The molecule has 0 atom stereocenters. The smallest absolute Gasteiger partial charge is 0.257 e. The molecule has 0 aliphatic rings. The molecule has 0 saturated heterocycles. The van der Waals surface area contributed by atoms with Crippen LogP contribution in [0.4, 0.5) is 5.69 Å². The molecular weight excluding hydrogens is 216 g/mol. The number of hydrogen-bond donors (Lipinski definition) is 2. The molecule has 17 heavy (non-hydrogen) atoms. The molecule has 0 fully saturated rings. The lowest BCUT2D eigenvalue weighted by Gasteiger charge is -2.35. The average Bonchev–Trinajstić information content (AvgIpc) is 2.30. The SMILES string of the molecule is CCC(C)(C)N(C)C(=O)c1cccc(N)c1O. The molecule has 4 nitrogen and oxygen atoms in total. The van der Waals surface area contributed by atoms with Crippen LogP contribution in [0.1, 0.15) is 37.6 Å². The summed E-state index contributed by atoms with van der Waals surface area (Å²) in [6.45, 7) is 5.98. The van der Waals surface area contributed by atoms with E-state index >= 15 is 0 Å². The van der Waals surface area contributed by atoms with E-state index < -0.39 is 0 Å². The summed E-state index contributed by atoms with van der Waals surface area (Å²) in [7, 11) is 1.73. The Bertz CT molecular complexity index is 427. The van der Waals surface area contributed by atoms with Crippen LogP contribution >= 0.6 is 0 Å². The van der Waals surface area contributed by atoms with Crippen LogP contribution in [0.5, 0.6) is 5.75 Å². The maximum Gasteiger partial charge on any atom is 0.257 e. The molecule has 1 rings (SSSR count). The van der Waals surface area contributed by atoms with Crippen LogP contribution in [-0.4, -0.2) is 28.5 Å². The Morgan fingerprint density at radius 1 is 1.47 bits per heavy atom. The topological polar surface area (TPSA) is 66.6 Å². The number of hydrogen-bond acceptors (Lipinski definition) is 3. The number of nitrogens with two attached hydrogens (primary N) is 1. The van der Waals surface area contributed by atoms with Crippen LogP contribution in [0.15, 0.2) is 18.2 Å². The molecule has 0 bridgehead atoms. The van der Waals surface area contributed by atoms with Crippen LogP contribution in [0.25, 0.3) is 0 Å². The zero-order valence-electron chi connectivity index (χ0n) is 10.8. The summed E-state index contributed by atoms with van der Waals surface area (Å²) in [5.74, 6) is -0.363. The normalized spacial score (nSPS) is 11.3. The number of aromatic hydroxyl groups is 1. The number of nitrogen functional groups attached to an aromatic ring is 1. The Balaban J connectivity index is 3.09. The van der Waals surface area contributed by atoms with Crippen molar-refractivity contribution in [1.82, 2.24) is 4.90 Å². The minimum absolute atomic E-state index is 0.142. The predicted octanol–water partition coefficient (Wildman–Crippen LogP) is 2.23. The van der Waals surface area contributed by atoms with Gasteiger partial charge in [-0.25, -0.2) is 0 Å². The van der Waals surface area contributed by atoms with Crippen molar-refractivity contribution in [1.29, 1.82) is 0 Å². The van der Waals surface area contributed by atoms with Gasteiger partial charge < -0.3 is 15.7 Å². The molecule has 0 unspecified atom stereocenters. The van der Waals surface area contributed by atoms with Crippen molar-refractivity contribution in [2.24, 2.45) is 0 Å². The van der Waals surface area contributed by atoms with Crippen molar-refractivity contribution in [2.75, 3.05) is 12.8 Å². The van der Waals surface area contributed by atoms with Crippen molar-refractivity contribution in [2.45, 2.75) is 32.7 Å². The van der Waals surface area contributed by atoms with Gasteiger partial charge in [-0.3, -0.25) is 4.79 Å². The number of carbonyl (C=O) groups is 1. The second-order valence-electron chi connectivity index (χ2n) is 4.77. The summed E-state index contributed by atoms with van der Waals surface area (Å²) < 4.78 is 0. The first-order valence-electron chi connectivity index (χ1n) is 5.67. The third kappa shape index (κ3) is 2.52. The van der Waals surface area contributed by atoms with Crippen molar-refractivity contribution < 1.29 is 9.90 Å². The van der Waals surface area contributed by atoms with E-state index in [2.05, 4.69) is 0 Å². The van der Waals surface area contributed by atoms with Gasteiger partial charge >= 0.3 is 0 Å². The van der Waals surface area contributed by atoms with Crippen molar-refractivity contribution >= 4 is 11.6 Å². The van der Waals surface area contributed by atoms with Crippen molar-refractivity contribution in [3.8, 4) is 5.75 Å². The highest BCUT2D eigenvalue weighted by Gasteiger charge is 2.28. The maximum absolute atomic E-state index is 12.2. The van der Waals surface area contributed by atoms with Gasteiger partial charge in [0, 0.05) is 12.6 Å².